The molecule has 1 aliphatic rings. The lowest BCUT2D eigenvalue weighted by molar-refractivity contribution is 0.00199. The van der Waals surface area contributed by atoms with Gasteiger partial charge in [0.2, 0.25) is 5.82 Å². The van der Waals surface area contributed by atoms with Crippen molar-refractivity contribution < 1.29 is 22.6 Å². The largest absolute Gasteiger partial charge is 0.490 e. The van der Waals surface area contributed by atoms with Gasteiger partial charge in [-0.15, -0.1) is 0 Å². The van der Waals surface area contributed by atoms with Crippen LogP contribution in [-0.2, 0) is 4.74 Å². The predicted molar refractivity (Wildman–Crippen MR) is 104 cm³/mol. The summed E-state index contributed by atoms with van der Waals surface area (Å²) < 4.78 is 54.6. The van der Waals surface area contributed by atoms with Crippen LogP contribution in [0.15, 0.2) is 30.3 Å². The van der Waals surface area contributed by atoms with Crippen LogP contribution in [-0.4, -0.2) is 19.3 Å². The Morgan fingerprint density at radius 3 is 2.43 bits per heavy atom. The van der Waals surface area contributed by atoms with Crippen molar-refractivity contribution in [2.24, 2.45) is 0 Å². The molecule has 0 bridgehead atoms. The predicted octanol–water partition coefficient (Wildman–Crippen LogP) is 6.62. The van der Waals surface area contributed by atoms with Crippen LogP contribution in [0, 0.1) is 17.5 Å². The van der Waals surface area contributed by atoms with E-state index in [1.54, 1.807) is 6.07 Å². The smallest absolute Gasteiger partial charge is 0.201 e. The number of rotatable bonds is 7. The van der Waals surface area contributed by atoms with E-state index in [2.05, 4.69) is 6.92 Å². The van der Waals surface area contributed by atoms with Gasteiger partial charge in [0.05, 0.1) is 19.3 Å². The van der Waals surface area contributed by atoms with Crippen molar-refractivity contribution in [1.82, 2.24) is 0 Å². The SMILES string of the molecule is CCCCOc1ccc(-c2ccc(C3CCC(CC)OC3)cc2F)c(F)c1F. The molecule has 2 nitrogen and oxygen atoms in total. The molecule has 1 aliphatic heterocycles. The average molecular weight is 392 g/mol. The summed E-state index contributed by atoms with van der Waals surface area (Å²) in [5, 5.41) is 0. The van der Waals surface area contributed by atoms with Crippen molar-refractivity contribution in [2.75, 3.05) is 13.2 Å². The minimum Gasteiger partial charge on any atom is -0.490 e. The van der Waals surface area contributed by atoms with Gasteiger partial charge >= 0.3 is 0 Å². The topological polar surface area (TPSA) is 18.5 Å². The third-order valence-electron chi connectivity index (χ3n) is 5.38. The highest BCUT2D eigenvalue weighted by molar-refractivity contribution is 5.66. The minimum absolute atomic E-state index is 0.0448. The number of ether oxygens (including phenoxy) is 2. The van der Waals surface area contributed by atoms with Crippen LogP contribution in [0.1, 0.15) is 57.4 Å². The van der Waals surface area contributed by atoms with Crippen LogP contribution in [0.25, 0.3) is 11.1 Å². The lowest BCUT2D eigenvalue weighted by Crippen LogP contribution is -2.24. The highest BCUT2D eigenvalue weighted by Crippen LogP contribution is 2.35. The van der Waals surface area contributed by atoms with Crippen molar-refractivity contribution in [3.05, 3.63) is 53.3 Å². The highest BCUT2D eigenvalue weighted by atomic mass is 19.2. The maximum absolute atomic E-state index is 14.7. The molecule has 0 radical (unpaired) electrons. The summed E-state index contributed by atoms with van der Waals surface area (Å²) >= 11 is 0. The van der Waals surface area contributed by atoms with Gasteiger partial charge < -0.3 is 9.47 Å². The monoisotopic (exact) mass is 392 g/mol. The Hall–Kier alpha value is -2.01. The second kappa shape index (κ2) is 9.46. The van der Waals surface area contributed by atoms with E-state index in [-0.39, 0.29) is 28.9 Å². The fourth-order valence-electron chi connectivity index (χ4n) is 3.57. The lowest BCUT2D eigenvalue weighted by Gasteiger charge is -2.28. The van der Waals surface area contributed by atoms with Gasteiger partial charge in [-0.2, -0.15) is 4.39 Å². The Morgan fingerprint density at radius 1 is 1.00 bits per heavy atom. The number of halogens is 3. The Kier molecular flexibility index (Phi) is 7.00. The van der Waals surface area contributed by atoms with Gasteiger partial charge in [-0.05, 0) is 49.4 Å². The van der Waals surface area contributed by atoms with E-state index in [1.165, 1.54) is 24.3 Å². The Bertz CT molecular complexity index is 799. The second-order valence-electron chi connectivity index (χ2n) is 7.32. The molecule has 3 rings (SSSR count). The molecule has 0 aromatic heterocycles. The molecule has 0 amide bonds. The molecule has 152 valence electrons. The molecule has 0 saturated carbocycles. The van der Waals surface area contributed by atoms with Gasteiger partial charge in [-0.1, -0.05) is 32.4 Å². The van der Waals surface area contributed by atoms with Crippen molar-refractivity contribution in [3.63, 3.8) is 0 Å². The van der Waals surface area contributed by atoms with E-state index >= 15 is 0 Å². The lowest BCUT2D eigenvalue weighted by atomic mass is 9.89. The first kappa shape index (κ1) is 20.7. The molecule has 28 heavy (non-hydrogen) atoms. The number of hydrogen-bond donors (Lipinski definition) is 0. The molecule has 2 aromatic rings. The Morgan fingerprint density at radius 2 is 1.79 bits per heavy atom. The summed E-state index contributed by atoms with van der Waals surface area (Å²) in [6, 6.07) is 7.44. The first-order valence-electron chi connectivity index (χ1n) is 10.1. The normalized spacial score (nSPS) is 19.6. The van der Waals surface area contributed by atoms with E-state index in [9.17, 15) is 13.2 Å². The maximum atomic E-state index is 14.7. The van der Waals surface area contributed by atoms with Gasteiger partial charge in [0, 0.05) is 17.0 Å². The zero-order valence-electron chi connectivity index (χ0n) is 16.4. The van der Waals surface area contributed by atoms with E-state index in [1.807, 2.05) is 6.92 Å². The molecule has 2 aromatic carbocycles. The average Bonchev–Trinajstić information content (AvgIpc) is 2.72. The molecule has 1 fully saturated rings. The second-order valence-corrected chi connectivity index (χ2v) is 7.32. The van der Waals surface area contributed by atoms with Crippen molar-refractivity contribution in [1.29, 1.82) is 0 Å². The molecule has 0 spiro atoms. The van der Waals surface area contributed by atoms with Gasteiger partial charge in [0.1, 0.15) is 5.82 Å². The fourth-order valence-corrected chi connectivity index (χ4v) is 3.57. The van der Waals surface area contributed by atoms with Gasteiger partial charge in [0.25, 0.3) is 0 Å². The number of benzene rings is 2. The molecule has 0 aliphatic carbocycles. The van der Waals surface area contributed by atoms with E-state index in [4.69, 9.17) is 9.47 Å². The summed E-state index contributed by atoms with van der Waals surface area (Å²) in [6.07, 6.45) is 4.78. The van der Waals surface area contributed by atoms with Crippen LogP contribution in [0.5, 0.6) is 5.75 Å². The fraction of sp³-hybridized carbons (Fsp3) is 0.478. The van der Waals surface area contributed by atoms with Crippen molar-refractivity contribution >= 4 is 0 Å². The zero-order valence-corrected chi connectivity index (χ0v) is 16.4. The van der Waals surface area contributed by atoms with Crippen LogP contribution in [0.4, 0.5) is 13.2 Å². The minimum atomic E-state index is -1.09. The van der Waals surface area contributed by atoms with Gasteiger partial charge in [0.15, 0.2) is 11.6 Å². The molecule has 1 saturated heterocycles. The van der Waals surface area contributed by atoms with Crippen LogP contribution < -0.4 is 4.74 Å². The molecular formula is C23H27F3O2. The first-order valence-corrected chi connectivity index (χ1v) is 10.1. The maximum Gasteiger partial charge on any atom is 0.201 e. The number of hydrogen-bond acceptors (Lipinski definition) is 2. The summed E-state index contributed by atoms with van der Waals surface area (Å²) in [7, 11) is 0. The zero-order chi connectivity index (χ0) is 20.1. The van der Waals surface area contributed by atoms with E-state index < -0.39 is 17.5 Å². The molecule has 2 unspecified atom stereocenters. The van der Waals surface area contributed by atoms with Gasteiger partial charge in [-0.3, -0.25) is 0 Å². The Balaban J connectivity index is 1.79. The summed E-state index contributed by atoms with van der Waals surface area (Å²) in [4.78, 5) is 0. The third kappa shape index (κ3) is 4.52. The van der Waals surface area contributed by atoms with Crippen LogP contribution >= 0.6 is 0 Å². The Labute approximate surface area is 164 Å². The quantitative estimate of drug-likeness (QED) is 0.493. The third-order valence-corrected chi connectivity index (χ3v) is 5.38. The van der Waals surface area contributed by atoms with E-state index in [0.29, 0.717) is 13.2 Å². The van der Waals surface area contributed by atoms with E-state index in [0.717, 1.165) is 37.7 Å². The molecule has 1 heterocycles. The van der Waals surface area contributed by atoms with Crippen LogP contribution in [0.2, 0.25) is 0 Å². The van der Waals surface area contributed by atoms with Crippen LogP contribution in [0.3, 0.4) is 0 Å². The van der Waals surface area contributed by atoms with Crippen molar-refractivity contribution in [2.45, 2.75) is 58.0 Å². The number of unbranched alkanes of at least 4 members (excludes halogenated alkanes) is 1. The first-order chi connectivity index (χ1) is 13.5. The molecule has 0 N–H and O–H groups in total. The standard InChI is InChI=1S/C23H27F3O2/c1-3-5-12-27-21-11-10-19(22(25)23(21)26)18-9-7-15(13-20(18)24)16-6-8-17(4-2)28-14-16/h7,9-11,13,16-17H,3-6,8,12,14H2,1-2H3. The summed E-state index contributed by atoms with van der Waals surface area (Å²) in [6.45, 7) is 4.95. The van der Waals surface area contributed by atoms with Gasteiger partial charge in [-0.25, -0.2) is 8.78 Å². The molecular weight excluding hydrogens is 365 g/mol. The highest BCUT2D eigenvalue weighted by Gasteiger charge is 2.24. The summed E-state index contributed by atoms with van der Waals surface area (Å²) in [5.41, 5.74) is 0.773. The summed E-state index contributed by atoms with van der Waals surface area (Å²) in [5.74, 6) is -2.75. The molecule has 2 atom stereocenters. The van der Waals surface area contributed by atoms with Crippen molar-refractivity contribution in [3.8, 4) is 16.9 Å². The molecule has 5 heteroatoms.